The number of ether oxygens (including phenoxy) is 1. The number of imide groups is 1. The number of hydrogen-bond donors (Lipinski definition) is 1. The lowest BCUT2D eigenvalue weighted by Crippen LogP contribution is -2.47. The number of carbonyl (C=O) groups is 2. The quantitative estimate of drug-likeness (QED) is 0.849. The van der Waals surface area contributed by atoms with Crippen LogP contribution in [0.25, 0.3) is 0 Å². The number of benzene rings is 1. The van der Waals surface area contributed by atoms with Crippen molar-refractivity contribution in [1.82, 2.24) is 10.2 Å². The van der Waals surface area contributed by atoms with Gasteiger partial charge in [0.15, 0.2) is 0 Å². The molecule has 4 rings (SSSR count). The van der Waals surface area contributed by atoms with Gasteiger partial charge in [0, 0.05) is 6.61 Å². The molecule has 2 aliphatic heterocycles. The zero-order chi connectivity index (χ0) is 15.2. The molecule has 2 saturated heterocycles. The van der Waals surface area contributed by atoms with Crippen molar-refractivity contribution in [3.05, 3.63) is 35.4 Å². The number of amides is 3. The standard InChI is InChI=1S/C17H20N2O3/c20-15-17(9-3-6-12-5-1-2-8-14(12)17)18-16(21)19(15)11-13-7-4-10-22-13/h1-2,5,8,13H,3-4,6-7,9-11H2,(H,18,21). The summed E-state index contributed by atoms with van der Waals surface area (Å²) in [6.07, 6.45) is 4.46. The molecule has 1 spiro atoms. The number of fused-ring (bicyclic) bond motifs is 2. The van der Waals surface area contributed by atoms with E-state index in [0.717, 1.165) is 37.9 Å². The minimum atomic E-state index is -0.857. The molecule has 5 heteroatoms. The average Bonchev–Trinajstić information content (AvgIpc) is 3.12. The van der Waals surface area contributed by atoms with Crippen molar-refractivity contribution >= 4 is 11.9 Å². The van der Waals surface area contributed by atoms with Gasteiger partial charge >= 0.3 is 6.03 Å². The molecular weight excluding hydrogens is 280 g/mol. The van der Waals surface area contributed by atoms with E-state index in [1.54, 1.807) is 0 Å². The van der Waals surface area contributed by atoms with Gasteiger partial charge in [-0.2, -0.15) is 0 Å². The van der Waals surface area contributed by atoms with E-state index in [-0.39, 0.29) is 18.0 Å². The van der Waals surface area contributed by atoms with Crippen LogP contribution in [0.5, 0.6) is 0 Å². The molecule has 0 saturated carbocycles. The SMILES string of the molecule is O=C1NC2(CCCc3ccccc32)C(=O)N1CC1CCCO1. The summed E-state index contributed by atoms with van der Waals surface area (Å²) < 4.78 is 5.58. The lowest BCUT2D eigenvalue weighted by Gasteiger charge is -2.33. The molecule has 0 aromatic heterocycles. The third kappa shape index (κ3) is 1.96. The molecule has 1 aliphatic carbocycles. The Bertz CT molecular complexity index is 624. The zero-order valence-corrected chi connectivity index (χ0v) is 12.5. The fourth-order valence-electron chi connectivity index (χ4n) is 3.97. The molecule has 2 fully saturated rings. The third-order valence-electron chi connectivity index (χ3n) is 5.06. The van der Waals surface area contributed by atoms with Crippen molar-refractivity contribution in [3.63, 3.8) is 0 Å². The summed E-state index contributed by atoms with van der Waals surface area (Å²) >= 11 is 0. The molecule has 3 aliphatic rings. The Morgan fingerprint density at radius 2 is 2.14 bits per heavy atom. The summed E-state index contributed by atoms with van der Waals surface area (Å²) in [5.74, 6) is -0.111. The fourth-order valence-corrected chi connectivity index (χ4v) is 3.97. The number of carbonyl (C=O) groups excluding carboxylic acids is 2. The molecule has 2 heterocycles. The van der Waals surface area contributed by atoms with Crippen molar-refractivity contribution < 1.29 is 14.3 Å². The van der Waals surface area contributed by atoms with E-state index in [9.17, 15) is 9.59 Å². The van der Waals surface area contributed by atoms with Crippen molar-refractivity contribution in [1.29, 1.82) is 0 Å². The number of nitrogens with zero attached hydrogens (tertiary/aromatic N) is 1. The second-order valence-electron chi connectivity index (χ2n) is 6.40. The molecule has 3 amide bonds. The number of nitrogens with one attached hydrogen (secondary N) is 1. The smallest absolute Gasteiger partial charge is 0.325 e. The Hall–Kier alpha value is -1.88. The van der Waals surface area contributed by atoms with Crippen molar-refractivity contribution in [2.24, 2.45) is 0 Å². The Labute approximate surface area is 129 Å². The van der Waals surface area contributed by atoms with E-state index in [2.05, 4.69) is 11.4 Å². The zero-order valence-electron chi connectivity index (χ0n) is 12.5. The lowest BCUT2D eigenvalue weighted by atomic mass is 9.76. The van der Waals surface area contributed by atoms with Crippen LogP contribution in [0, 0.1) is 0 Å². The van der Waals surface area contributed by atoms with Gasteiger partial charge in [0.25, 0.3) is 5.91 Å². The summed E-state index contributed by atoms with van der Waals surface area (Å²) in [6, 6.07) is 7.68. The second-order valence-corrected chi connectivity index (χ2v) is 6.40. The topological polar surface area (TPSA) is 58.6 Å². The maximum absolute atomic E-state index is 13.0. The van der Waals surface area contributed by atoms with E-state index < -0.39 is 5.54 Å². The van der Waals surface area contributed by atoms with Gasteiger partial charge in [-0.05, 0) is 43.2 Å². The van der Waals surface area contributed by atoms with Gasteiger partial charge in [0.2, 0.25) is 0 Å². The van der Waals surface area contributed by atoms with E-state index in [1.165, 1.54) is 10.5 Å². The predicted octanol–water partition coefficient (Wildman–Crippen LogP) is 1.95. The first-order chi connectivity index (χ1) is 10.7. The Morgan fingerprint density at radius 3 is 2.95 bits per heavy atom. The minimum Gasteiger partial charge on any atom is -0.376 e. The molecule has 1 aromatic carbocycles. The number of urea groups is 1. The monoisotopic (exact) mass is 300 g/mol. The van der Waals surface area contributed by atoms with Gasteiger partial charge in [0.05, 0.1) is 12.6 Å². The first-order valence-corrected chi connectivity index (χ1v) is 8.05. The summed E-state index contributed by atoms with van der Waals surface area (Å²) in [4.78, 5) is 26.8. The third-order valence-corrected chi connectivity index (χ3v) is 5.06. The van der Waals surface area contributed by atoms with Crippen LogP contribution >= 0.6 is 0 Å². The first kappa shape index (κ1) is 13.8. The highest BCUT2D eigenvalue weighted by molar-refractivity contribution is 6.07. The Balaban J connectivity index is 1.66. The van der Waals surface area contributed by atoms with E-state index >= 15 is 0 Å². The normalized spacial score (nSPS) is 30.7. The molecule has 0 radical (unpaired) electrons. The minimum absolute atomic E-state index is 0.0105. The molecule has 2 atom stereocenters. The molecule has 116 valence electrons. The Morgan fingerprint density at radius 1 is 1.27 bits per heavy atom. The first-order valence-electron chi connectivity index (χ1n) is 8.05. The largest absolute Gasteiger partial charge is 0.376 e. The lowest BCUT2D eigenvalue weighted by molar-refractivity contribution is -0.133. The highest BCUT2D eigenvalue weighted by atomic mass is 16.5. The molecule has 22 heavy (non-hydrogen) atoms. The van der Waals surface area contributed by atoms with Gasteiger partial charge in [-0.3, -0.25) is 9.69 Å². The molecular formula is C17H20N2O3. The van der Waals surface area contributed by atoms with Crippen LogP contribution in [0.3, 0.4) is 0 Å². The molecule has 1 aromatic rings. The molecule has 1 N–H and O–H groups in total. The van der Waals surface area contributed by atoms with Gasteiger partial charge in [-0.15, -0.1) is 0 Å². The highest BCUT2D eigenvalue weighted by Gasteiger charge is 2.54. The van der Waals surface area contributed by atoms with Crippen LogP contribution in [0.4, 0.5) is 4.79 Å². The number of aryl methyl sites for hydroxylation is 1. The molecule has 2 unspecified atom stereocenters. The summed E-state index contributed by atoms with van der Waals surface area (Å²) in [7, 11) is 0. The number of rotatable bonds is 2. The van der Waals surface area contributed by atoms with E-state index in [0.29, 0.717) is 13.0 Å². The number of hydrogen-bond acceptors (Lipinski definition) is 3. The van der Waals surface area contributed by atoms with Crippen molar-refractivity contribution in [2.45, 2.75) is 43.7 Å². The van der Waals surface area contributed by atoms with Crippen LogP contribution < -0.4 is 5.32 Å². The predicted molar refractivity (Wildman–Crippen MR) is 80.3 cm³/mol. The average molecular weight is 300 g/mol. The van der Waals surface area contributed by atoms with Crippen LogP contribution in [0.15, 0.2) is 24.3 Å². The van der Waals surface area contributed by atoms with Gasteiger partial charge < -0.3 is 10.1 Å². The van der Waals surface area contributed by atoms with Gasteiger partial charge in [0.1, 0.15) is 5.54 Å². The van der Waals surface area contributed by atoms with Crippen LogP contribution in [0.2, 0.25) is 0 Å². The van der Waals surface area contributed by atoms with Crippen LogP contribution in [-0.4, -0.2) is 36.1 Å². The Kier molecular flexibility index (Phi) is 3.18. The second kappa shape index (κ2) is 5.09. The van der Waals surface area contributed by atoms with Crippen LogP contribution in [-0.2, 0) is 21.5 Å². The van der Waals surface area contributed by atoms with Crippen molar-refractivity contribution in [2.75, 3.05) is 13.2 Å². The van der Waals surface area contributed by atoms with E-state index in [4.69, 9.17) is 4.74 Å². The summed E-state index contributed by atoms with van der Waals surface area (Å²) in [5.41, 5.74) is 1.28. The summed E-state index contributed by atoms with van der Waals surface area (Å²) in [6.45, 7) is 1.09. The van der Waals surface area contributed by atoms with Gasteiger partial charge in [-0.25, -0.2) is 4.79 Å². The van der Waals surface area contributed by atoms with Gasteiger partial charge in [-0.1, -0.05) is 24.3 Å². The summed E-state index contributed by atoms with van der Waals surface area (Å²) in [5, 5.41) is 2.98. The maximum atomic E-state index is 13.0. The highest BCUT2D eigenvalue weighted by Crippen LogP contribution is 2.40. The molecule has 5 nitrogen and oxygen atoms in total. The maximum Gasteiger partial charge on any atom is 0.325 e. The van der Waals surface area contributed by atoms with Crippen LogP contribution in [0.1, 0.15) is 36.8 Å². The fraction of sp³-hybridized carbons (Fsp3) is 0.529. The van der Waals surface area contributed by atoms with Crippen molar-refractivity contribution in [3.8, 4) is 0 Å². The molecule has 0 bridgehead atoms. The van der Waals surface area contributed by atoms with E-state index in [1.807, 2.05) is 18.2 Å².